The van der Waals surface area contributed by atoms with Gasteiger partial charge in [0.15, 0.2) is 0 Å². The molecule has 1 aromatic heterocycles. The van der Waals surface area contributed by atoms with Crippen molar-refractivity contribution in [2.75, 3.05) is 5.32 Å². The average Bonchev–Trinajstić information content (AvgIpc) is 3.16. The second kappa shape index (κ2) is 5.09. The van der Waals surface area contributed by atoms with E-state index in [1.165, 1.54) is 5.56 Å². The van der Waals surface area contributed by atoms with Gasteiger partial charge in [0, 0.05) is 22.4 Å². The molecule has 104 valence electrons. The fraction of sp³-hybridized carbons (Fsp3) is 0.312. The first-order chi connectivity index (χ1) is 9.54. The predicted octanol–water partition coefficient (Wildman–Crippen LogP) is 4.45. The van der Waals surface area contributed by atoms with E-state index in [-0.39, 0.29) is 5.91 Å². The molecule has 20 heavy (non-hydrogen) atoms. The summed E-state index contributed by atoms with van der Waals surface area (Å²) in [5.74, 6) is -0.0467. The third kappa shape index (κ3) is 2.66. The van der Waals surface area contributed by atoms with Gasteiger partial charge in [-0.25, -0.2) is 0 Å². The summed E-state index contributed by atoms with van der Waals surface area (Å²) < 4.78 is 3.03. The zero-order valence-electron chi connectivity index (χ0n) is 11.6. The SMILES string of the molecule is Cc1ccc(NC(=O)c2cc(Br)cn2C2CC2)c(C)c1. The van der Waals surface area contributed by atoms with Gasteiger partial charge in [-0.15, -0.1) is 0 Å². The molecule has 1 heterocycles. The molecule has 1 aliphatic rings. The van der Waals surface area contributed by atoms with E-state index in [1.54, 1.807) is 0 Å². The standard InChI is InChI=1S/C16H17BrN2O/c1-10-3-6-14(11(2)7-10)18-16(20)15-8-12(17)9-19(15)13-4-5-13/h3,6-9,13H,4-5H2,1-2H3,(H,18,20). The number of halogens is 1. The van der Waals surface area contributed by atoms with Crippen LogP contribution in [0.1, 0.15) is 40.5 Å². The van der Waals surface area contributed by atoms with Crippen LogP contribution >= 0.6 is 15.9 Å². The summed E-state index contributed by atoms with van der Waals surface area (Å²) in [6.07, 6.45) is 4.31. The fourth-order valence-electron chi connectivity index (χ4n) is 2.42. The minimum absolute atomic E-state index is 0.0467. The molecule has 1 amide bonds. The number of anilines is 1. The van der Waals surface area contributed by atoms with Crippen LogP contribution in [0.25, 0.3) is 0 Å². The normalized spacial score (nSPS) is 14.3. The van der Waals surface area contributed by atoms with Crippen LogP contribution < -0.4 is 5.32 Å². The van der Waals surface area contributed by atoms with Crippen molar-refractivity contribution in [2.45, 2.75) is 32.7 Å². The van der Waals surface area contributed by atoms with Crippen molar-refractivity contribution in [3.63, 3.8) is 0 Å². The van der Waals surface area contributed by atoms with E-state index in [2.05, 4.69) is 31.9 Å². The molecule has 0 radical (unpaired) electrons. The molecular weight excluding hydrogens is 316 g/mol. The summed E-state index contributed by atoms with van der Waals surface area (Å²) in [6.45, 7) is 4.06. The molecule has 1 fully saturated rings. The molecule has 2 aromatic rings. The van der Waals surface area contributed by atoms with Crippen LogP contribution in [-0.2, 0) is 0 Å². The Kier molecular flexibility index (Phi) is 3.42. The molecule has 0 spiro atoms. The van der Waals surface area contributed by atoms with Crippen molar-refractivity contribution < 1.29 is 4.79 Å². The molecule has 4 heteroatoms. The molecule has 3 rings (SSSR count). The summed E-state index contributed by atoms with van der Waals surface area (Å²) >= 11 is 3.46. The third-order valence-corrected chi connectivity index (χ3v) is 4.05. The number of carbonyl (C=O) groups excluding carboxylic acids is 1. The van der Waals surface area contributed by atoms with Crippen LogP contribution in [0.5, 0.6) is 0 Å². The number of hydrogen-bond donors (Lipinski definition) is 1. The monoisotopic (exact) mass is 332 g/mol. The molecule has 0 aliphatic heterocycles. The van der Waals surface area contributed by atoms with Gasteiger partial charge in [0.25, 0.3) is 5.91 Å². The minimum Gasteiger partial charge on any atom is -0.339 e. The zero-order valence-corrected chi connectivity index (χ0v) is 13.2. The van der Waals surface area contributed by atoms with Gasteiger partial charge in [-0.2, -0.15) is 0 Å². The molecule has 1 N–H and O–H groups in total. The quantitative estimate of drug-likeness (QED) is 0.884. The Morgan fingerprint density at radius 3 is 2.70 bits per heavy atom. The van der Waals surface area contributed by atoms with Crippen LogP contribution in [-0.4, -0.2) is 10.5 Å². The number of benzene rings is 1. The van der Waals surface area contributed by atoms with Crippen LogP contribution in [0.4, 0.5) is 5.69 Å². The van der Waals surface area contributed by atoms with Crippen molar-refractivity contribution in [1.82, 2.24) is 4.57 Å². The Morgan fingerprint density at radius 2 is 2.05 bits per heavy atom. The van der Waals surface area contributed by atoms with Gasteiger partial charge < -0.3 is 9.88 Å². The first-order valence-electron chi connectivity index (χ1n) is 6.80. The maximum Gasteiger partial charge on any atom is 0.272 e. The van der Waals surface area contributed by atoms with Crippen molar-refractivity contribution in [3.05, 3.63) is 51.8 Å². The van der Waals surface area contributed by atoms with Gasteiger partial charge in [0.1, 0.15) is 5.69 Å². The molecule has 1 saturated carbocycles. The summed E-state index contributed by atoms with van der Waals surface area (Å²) in [6, 6.07) is 8.42. The van der Waals surface area contributed by atoms with Crippen LogP contribution in [0.3, 0.4) is 0 Å². The smallest absolute Gasteiger partial charge is 0.272 e. The maximum absolute atomic E-state index is 12.5. The van der Waals surface area contributed by atoms with Crippen LogP contribution in [0.2, 0.25) is 0 Å². The Labute approximate surface area is 127 Å². The summed E-state index contributed by atoms with van der Waals surface area (Å²) in [5, 5.41) is 3.01. The lowest BCUT2D eigenvalue weighted by Crippen LogP contribution is -2.17. The highest BCUT2D eigenvalue weighted by atomic mass is 79.9. The highest BCUT2D eigenvalue weighted by molar-refractivity contribution is 9.10. The number of rotatable bonds is 3. The minimum atomic E-state index is -0.0467. The van der Waals surface area contributed by atoms with Crippen molar-refractivity contribution in [2.24, 2.45) is 0 Å². The number of hydrogen-bond acceptors (Lipinski definition) is 1. The highest BCUT2D eigenvalue weighted by Crippen LogP contribution is 2.37. The lowest BCUT2D eigenvalue weighted by Gasteiger charge is -2.11. The first kappa shape index (κ1) is 13.4. The lowest BCUT2D eigenvalue weighted by molar-refractivity contribution is 0.101. The Hall–Kier alpha value is -1.55. The molecule has 0 saturated heterocycles. The Balaban J connectivity index is 1.86. The zero-order chi connectivity index (χ0) is 14.3. The Morgan fingerprint density at radius 1 is 1.30 bits per heavy atom. The van der Waals surface area contributed by atoms with Gasteiger partial charge in [0.2, 0.25) is 0 Å². The number of nitrogens with zero attached hydrogens (tertiary/aromatic N) is 1. The second-order valence-corrected chi connectivity index (χ2v) is 6.37. The molecule has 1 aliphatic carbocycles. The number of carbonyl (C=O) groups is 1. The van der Waals surface area contributed by atoms with Gasteiger partial charge >= 0.3 is 0 Å². The van der Waals surface area contributed by atoms with E-state index in [4.69, 9.17) is 0 Å². The molecule has 1 aromatic carbocycles. The average molecular weight is 333 g/mol. The van der Waals surface area contributed by atoms with Crippen LogP contribution in [0, 0.1) is 13.8 Å². The van der Waals surface area contributed by atoms with Gasteiger partial charge in [-0.3, -0.25) is 4.79 Å². The molecule has 0 unspecified atom stereocenters. The fourth-order valence-corrected chi connectivity index (χ4v) is 2.86. The van der Waals surface area contributed by atoms with E-state index in [0.29, 0.717) is 6.04 Å². The van der Waals surface area contributed by atoms with Gasteiger partial charge in [0.05, 0.1) is 0 Å². The summed E-state index contributed by atoms with van der Waals surface area (Å²) in [4.78, 5) is 12.5. The summed E-state index contributed by atoms with van der Waals surface area (Å²) in [7, 11) is 0. The lowest BCUT2D eigenvalue weighted by atomic mass is 10.1. The third-order valence-electron chi connectivity index (χ3n) is 3.62. The number of amides is 1. The molecule has 0 atom stereocenters. The van der Waals surface area contributed by atoms with Crippen molar-refractivity contribution in [1.29, 1.82) is 0 Å². The van der Waals surface area contributed by atoms with Crippen LogP contribution in [0.15, 0.2) is 34.9 Å². The predicted molar refractivity (Wildman–Crippen MR) is 84.3 cm³/mol. The molecular formula is C16H17BrN2O. The van der Waals surface area contributed by atoms with Crippen molar-refractivity contribution >= 4 is 27.5 Å². The topological polar surface area (TPSA) is 34.0 Å². The largest absolute Gasteiger partial charge is 0.339 e. The second-order valence-electron chi connectivity index (χ2n) is 5.45. The first-order valence-corrected chi connectivity index (χ1v) is 7.60. The van der Waals surface area contributed by atoms with Gasteiger partial charge in [-0.05, 0) is 60.3 Å². The van der Waals surface area contributed by atoms with E-state index >= 15 is 0 Å². The van der Waals surface area contributed by atoms with Gasteiger partial charge in [-0.1, -0.05) is 17.7 Å². The van der Waals surface area contributed by atoms with E-state index in [0.717, 1.165) is 34.3 Å². The molecule has 0 bridgehead atoms. The van der Waals surface area contributed by atoms with Crippen molar-refractivity contribution in [3.8, 4) is 0 Å². The van der Waals surface area contributed by atoms with E-state index < -0.39 is 0 Å². The number of nitrogens with one attached hydrogen (secondary N) is 1. The molecule has 3 nitrogen and oxygen atoms in total. The highest BCUT2D eigenvalue weighted by Gasteiger charge is 2.27. The van der Waals surface area contributed by atoms with E-state index in [1.807, 2.05) is 38.2 Å². The number of aryl methyl sites for hydroxylation is 2. The number of aromatic nitrogens is 1. The maximum atomic E-state index is 12.5. The Bertz CT molecular complexity index is 671. The van der Waals surface area contributed by atoms with E-state index in [9.17, 15) is 4.79 Å². The summed E-state index contributed by atoms with van der Waals surface area (Å²) in [5.41, 5.74) is 3.88.